The molecule has 0 saturated carbocycles. The topological polar surface area (TPSA) is 105 Å². The first-order valence-electron chi connectivity index (χ1n) is 5.46. The molecule has 106 valence electrons. The van der Waals surface area contributed by atoms with E-state index in [0.29, 0.717) is 0 Å². The summed E-state index contributed by atoms with van der Waals surface area (Å²) in [7, 11) is 0. The van der Waals surface area contributed by atoms with Crippen LogP contribution in [0.3, 0.4) is 0 Å². The number of aliphatic hydroxyl groups is 2. The zero-order chi connectivity index (χ0) is 14.2. The molecule has 0 unspecified atom stereocenters. The van der Waals surface area contributed by atoms with Crippen molar-refractivity contribution in [2.75, 3.05) is 6.61 Å². The van der Waals surface area contributed by atoms with Gasteiger partial charge < -0.3 is 14.9 Å². The van der Waals surface area contributed by atoms with Crippen molar-refractivity contribution in [2.45, 2.75) is 30.8 Å². The Hall–Kier alpha value is -1.58. The van der Waals surface area contributed by atoms with Crippen LogP contribution >= 0.6 is 0 Å². The number of H-pyrrole nitrogens is 1. The van der Waals surface area contributed by atoms with Crippen molar-refractivity contribution < 1.29 is 23.7 Å². The number of aliphatic hydroxyl groups excluding tert-OH is 2. The van der Waals surface area contributed by atoms with Gasteiger partial charge in [0.1, 0.15) is 6.10 Å². The second-order valence-electron chi connectivity index (χ2n) is 4.32. The second-order valence-corrected chi connectivity index (χ2v) is 4.32. The minimum absolute atomic E-state index is 0.516. The summed E-state index contributed by atoms with van der Waals surface area (Å²) in [5.41, 5.74) is -3.75. The number of ether oxygens (including phenoxy) is 1. The quantitative estimate of drug-likeness (QED) is 0.645. The zero-order valence-electron chi connectivity index (χ0n) is 9.62. The molecule has 2 heterocycles. The Balaban J connectivity index is 2.37. The maximum atomic E-state index is 12.9. The molecule has 0 aliphatic carbocycles. The maximum Gasteiger partial charge on any atom is 0.330 e. The van der Waals surface area contributed by atoms with Gasteiger partial charge in [-0.15, -0.1) is 0 Å². The molecular weight excluding hydrogens is 266 g/mol. The first kappa shape index (κ1) is 13.8. The van der Waals surface area contributed by atoms with E-state index in [1.807, 2.05) is 4.98 Å². The summed E-state index contributed by atoms with van der Waals surface area (Å²) in [5, 5.41) is 18.8. The van der Waals surface area contributed by atoms with Crippen molar-refractivity contribution in [1.29, 1.82) is 0 Å². The van der Waals surface area contributed by atoms with Crippen LogP contribution < -0.4 is 11.2 Å². The molecule has 1 aliphatic rings. The lowest BCUT2D eigenvalue weighted by Gasteiger charge is -2.25. The molecule has 0 radical (unpaired) electrons. The minimum atomic E-state index is -3.02. The molecule has 3 atom stereocenters. The van der Waals surface area contributed by atoms with Crippen LogP contribution in [0.2, 0.25) is 0 Å². The summed E-state index contributed by atoms with van der Waals surface area (Å²) < 4.78 is 31.5. The number of halogens is 2. The van der Waals surface area contributed by atoms with Crippen molar-refractivity contribution in [2.24, 2.45) is 0 Å². The summed E-state index contributed by atoms with van der Waals surface area (Å²) in [6.07, 6.45) is -5.28. The Morgan fingerprint density at radius 3 is 2.74 bits per heavy atom. The fraction of sp³-hybridized carbons (Fsp3) is 0.600. The van der Waals surface area contributed by atoms with Gasteiger partial charge in [0, 0.05) is 18.7 Å². The van der Waals surface area contributed by atoms with Crippen LogP contribution in [0.5, 0.6) is 0 Å². The van der Waals surface area contributed by atoms with Gasteiger partial charge in [-0.25, -0.2) is 13.6 Å². The number of aromatic amines is 1. The molecule has 0 spiro atoms. The van der Waals surface area contributed by atoms with Gasteiger partial charge in [-0.05, 0) is 0 Å². The van der Waals surface area contributed by atoms with E-state index in [9.17, 15) is 23.5 Å². The van der Waals surface area contributed by atoms with Crippen molar-refractivity contribution in [1.82, 2.24) is 9.55 Å². The minimum Gasteiger partial charge on any atom is -0.393 e. The van der Waals surface area contributed by atoms with E-state index in [-0.39, 0.29) is 0 Å². The maximum absolute atomic E-state index is 12.9. The Kier molecular flexibility index (Phi) is 3.52. The molecule has 1 saturated heterocycles. The van der Waals surface area contributed by atoms with Crippen LogP contribution in [0.4, 0.5) is 8.78 Å². The van der Waals surface area contributed by atoms with Crippen molar-refractivity contribution in [3.63, 3.8) is 0 Å². The van der Waals surface area contributed by atoms with Crippen molar-refractivity contribution >= 4 is 0 Å². The first-order chi connectivity index (χ1) is 8.89. The summed E-state index contributed by atoms with van der Waals surface area (Å²) in [4.78, 5) is 24.3. The van der Waals surface area contributed by atoms with Gasteiger partial charge in [-0.2, -0.15) is 0 Å². The molecule has 0 amide bonds. The highest BCUT2D eigenvalue weighted by molar-refractivity contribution is 4.96. The van der Waals surface area contributed by atoms with E-state index in [0.717, 1.165) is 16.8 Å². The third kappa shape index (κ3) is 2.31. The van der Waals surface area contributed by atoms with Crippen LogP contribution in [-0.4, -0.2) is 44.5 Å². The van der Waals surface area contributed by atoms with Crippen LogP contribution in [0, 0.1) is 0 Å². The predicted molar refractivity (Wildman–Crippen MR) is 57.9 cm³/mol. The molecule has 1 aliphatic heterocycles. The van der Waals surface area contributed by atoms with Crippen LogP contribution in [0.1, 0.15) is 12.6 Å². The largest absolute Gasteiger partial charge is 0.393 e. The lowest BCUT2D eigenvalue weighted by atomic mass is 10.0. The van der Waals surface area contributed by atoms with Crippen molar-refractivity contribution in [3.8, 4) is 0 Å². The van der Waals surface area contributed by atoms with Crippen LogP contribution in [0.15, 0.2) is 21.9 Å². The number of nitrogens with zero attached hydrogens (tertiary/aromatic N) is 1. The van der Waals surface area contributed by atoms with Gasteiger partial charge in [-0.3, -0.25) is 14.3 Å². The fourth-order valence-electron chi connectivity index (χ4n) is 2.00. The lowest BCUT2D eigenvalue weighted by Crippen LogP contribution is -2.42. The monoisotopic (exact) mass is 278 g/mol. The molecule has 9 heteroatoms. The predicted octanol–water partition coefficient (Wildman–Crippen LogP) is -1.19. The zero-order valence-corrected chi connectivity index (χ0v) is 9.62. The van der Waals surface area contributed by atoms with Gasteiger partial charge >= 0.3 is 5.69 Å². The van der Waals surface area contributed by atoms with E-state index in [1.54, 1.807) is 0 Å². The van der Waals surface area contributed by atoms with E-state index >= 15 is 0 Å². The standard InChI is InChI=1S/C10H12F2N2O5/c11-8(12)10(4-15)3-5(16)7(19-10)14-2-1-6(17)13-9(14)18/h1-2,5,7-8,15-16H,3-4H2,(H,13,17,18)/t5-,7-,10+/m1/s1. The van der Waals surface area contributed by atoms with Gasteiger partial charge in [0.15, 0.2) is 11.8 Å². The van der Waals surface area contributed by atoms with E-state index in [1.165, 1.54) is 0 Å². The molecule has 2 rings (SSSR count). The number of alkyl halides is 2. The van der Waals surface area contributed by atoms with E-state index < -0.39 is 48.6 Å². The number of aromatic nitrogens is 2. The van der Waals surface area contributed by atoms with Crippen LogP contribution in [0.25, 0.3) is 0 Å². The fourth-order valence-corrected chi connectivity index (χ4v) is 2.00. The first-order valence-corrected chi connectivity index (χ1v) is 5.46. The SMILES string of the molecule is O=c1ccn([C@@H]2O[C@@](CO)(C(F)F)C[C@H]2O)c(=O)[nH]1. The molecule has 1 aromatic rings. The second kappa shape index (κ2) is 4.83. The highest BCUT2D eigenvalue weighted by Crippen LogP contribution is 2.39. The van der Waals surface area contributed by atoms with Crippen molar-refractivity contribution in [3.05, 3.63) is 33.1 Å². The molecule has 1 fully saturated rings. The molecule has 3 N–H and O–H groups in total. The lowest BCUT2D eigenvalue weighted by molar-refractivity contribution is -0.173. The third-order valence-corrected chi connectivity index (χ3v) is 3.03. The Labute approximate surface area is 105 Å². The Morgan fingerprint density at radius 1 is 1.58 bits per heavy atom. The van der Waals surface area contributed by atoms with Gasteiger partial charge in [0.2, 0.25) is 0 Å². The molecule has 7 nitrogen and oxygen atoms in total. The molecule has 0 bridgehead atoms. The summed E-state index contributed by atoms with van der Waals surface area (Å²) in [6, 6.07) is 0.999. The number of hydrogen-bond acceptors (Lipinski definition) is 5. The van der Waals surface area contributed by atoms with E-state index in [4.69, 9.17) is 9.84 Å². The normalized spacial score (nSPS) is 31.0. The molecule has 0 aromatic carbocycles. The number of nitrogens with one attached hydrogen (secondary N) is 1. The summed E-state index contributed by atoms with van der Waals surface area (Å²) in [5.74, 6) is 0. The Morgan fingerprint density at radius 2 is 2.26 bits per heavy atom. The highest BCUT2D eigenvalue weighted by atomic mass is 19.3. The summed E-state index contributed by atoms with van der Waals surface area (Å²) in [6.45, 7) is -0.990. The third-order valence-electron chi connectivity index (χ3n) is 3.03. The molecular formula is C10H12F2N2O5. The Bertz CT molecular complexity index is 572. The summed E-state index contributed by atoms with van der Waals surface area (Å²) >= 11 is 0. The van der Waals surface area contributed by atoms with Crippen LogP contribution in [-0.2, 0) is 4.74 Å². The molecule has 19 heavy (non-hydrogen) atoms. The highest BCUT2D eigenvalue weighted by Gasteiger charge is 2.52. The number of hydrogen-bond donors (Lipinski definition) is 3. The average molecular weight is 278 g/mol. The van der Waals surface area contributed by atoms with E-state index in [2.05, 4.69) is 0 Å². The molecule has 1 aromatic heterocycles. The average Bonchev–Trinajstić information content (AvgIpc) is 2.68. The van der Waals surface area contributed by atoms with Gasteiger partial charge in [0.05, 0.1) is 6.61 Å². The van der Waals surface area contributed by atoms with Gasteiger partial charge in [0.25, 0.3) is 12.0 Å². The smallest absolute Gasteiger partial charge is 0.330 e. The number of rotatable bonds is 3. The van der Waals surface area contributed by atoms with Gasteiger partial charge in [-0.1, -0.05) is 0 Å².